The number of carboxylic acid groups (broad SMARTS) is 1. The van der Waals surface area contributed by atoms with Gasteiger partial charge in [0, 0.05) is 5.39 Å². The van der Waals surface area contributed by atoms with E-state index in [1.54, 1.807) is 12.1 Å². The summed E-state index contributed by atoms with van der Waals surface area (Å²) in [6.07, 6.45) is 0. The maximum absolute atomic E-state index is 13.2. The van der Waals surface area contributed by atoms with Crippen molar-refractivity contribution in [2.45, 2.75) is 0 Å². The lowest BCUT2D eigenvalue weighted by molar-refractivity contribution is 0.0699. The standard InChI is InChI=1S/C11H7FO2/c12-10-6-2-3-7-8(10)4-1-5-9(7)11(13)14/h1-6H,(H,13,14). The smallest absolute Gasteiger partial charge is 0.336 e. The van der Waals surface area contributed by atoms with Gasteiger partial charge in [0.2, 0.25) is 0 Å². The Morgan fingerprint density at radius 3 is 2.43 bits per heavy atom. The number of halogens is 1. The number of hydrogen-bond acceptors (Lipinski definition) is 1. The van der Waals surface area contributed by atoms with Gasteiger partial charge in [-0.2, -0.15) is 0 Å². The van der Waals surface area contributed by atoms with Gasteiger partial charge in [0.05, 0.1) is 5.56 Å². The third kappa shape index (κ3) is 1.23. The van der Waals surface area contributed by atoms with Crippen LogP contribution in [0.5, 0.6) is 0 Å². The number of hydrogen-bond donors (Lipinski definition) is 1. The molecule has 0 radical (unpaired) electrons. The van der Waals surface area contributed by atoms with Crippen LogP contribution >= 0.6 is 0 Å². The average Bonchev–Trinajstić information content (AvgIpc) is 2.17. The van der Waals surface area contributed by atoms with Gasteiger partial charge in [-0.3, -0.25) is 0 Å². The average molecular weight is 190 g/mol. The fourth-order valence-corrected chi connectivity index (χ4v) is 1.46. The molecule has 0 aliphatic rings. The fourth-order valence-electron chi connectivity index (χ4n) is 1.46. The Labute approximate surface area is 79.6 Å². The Morgan fingerprint density at radius 1 is 1.07 bits per heavy atom. The molecule has 0 aromatic heterocycles. The van der Waals surface area contributed by atoms with E-state index in [-0.39, 0.29) is 5.56 Å². The minimum atomic E-state index is -1.04. The first-order chi connectivity index (χ1) is 6.70. The molecule has 2 rings (SSSR count). The van der Waals surface area contributed by atoms with E-state index in [0.717, 1.165) is 0 Å². The highest BCUT2D eigenvalue weighted by molar-refractivity contribution is 6.03. The van der Waals surface area contributed by atoms with Crippen LogP contribution in [0.15, 0.2) is 36.4 Å². The highest BCUT2D eigenvalue weighted by Crippen LogP contribution is 2.21. The third-order valence-corrected chi connectivity index (χ3v) is 2.10. The normalized spacial score (nSPS) is 10.4. The van der Waals surface area contributed by atoms with E-state index in [0.29, 0.717) is 10.8 Å². The van der Waals surface area contributed by atoms with Gasteiger partial charge in [-0.25, -0.2) is 9.18 Å². The maximum Gasteiger partial charge on any atom is 0.336 e. The molecule has 0 saturated carbocycles. The van der Waals surface area contributed by atoms with Gasteiger partial charge in [-0.05, 0) is 17.5 Å². The van der Waals surface area contributed by atoms with E-state index in [4.69, 9.17) is 5.11 Å². The lowest BCUT2D eigenvalue weighted by Gasteiger charge is -2.02. The minimum absolute atomic E-state index is 0.127. The van der Waals surface area contributed by atoms with Crippen molar-refractivity contribution in [2.24, 2.45) is 0 Å². The molecule has 3 heteroatoms. The van der Waals surface area contributed by atoms with Gasteiger partial charge in [0.15, 0.2) is 0 Å². The predicted molar refractivity (Wildman–Crippen MR) is 50.9 cm³/mol. The zero-order valence-electron chi connectivity index (χ0n) is 7.20. The van der Waals surface area contributed by atoms with Gasteiger partial charge in [0.1, 0.15) is 5.82 Å². The van der Waals surface area contributed by atoms with Crippen LogP contribution < -0.4 is 0 Å². The predicted octanol–water partition coefficient (Wildman–Crippen LogP) is 2.68. The van der Waals surface area contributed by atoms with Crippen molar-refractivity contribution in [1.29, 1.82) is 0 Å². The second-order valence-corrected chi connectivity index (χ2v) is 2.95. The summed E-state index contributed by atoms with van der Waals surface area (Å²) >= 11 is 0. The third-order valence-electron chi connectivity index (χ3n) is 2.10. The molecule has 0 spiro atoms. The van der Waals surface area contributed by atoms with Crippen LogP contribution in [0, 0.1) is 5.82 Å². The Bertz CT molecular complexity index is 506. The zero-order valence-corrected chi connectivity index (χ0v) is 7.20. The Hall–Kier alpha value is -1.90. The minimum Gasteiger partial charge on any atom is -0.478 e. The van der Waals surface area contributed by atoms with Crippen LogP contribution in [0.25, 0.3) is 10.8 Å². The quantitative estimate of drug-likeness (QED) is 0.750. The topological polar surface area (TPSA) is 37.3 Å². The highest BCUT2D eigenvalue weighted by atomic mass is 19.1. The van der Waals surface area contributed by atoms with E-state index in [1.165, 1.54) is 24.3 Å². The van der Waals surface area contributed by atoms with Crippen molar-refractivity contribution in [2.75, 3.05) is 0 Å². The molecule has 0 amide bonds. The molecule has 0 unspecified atom stereocenters. The Kier molecular flexibility index (Phi) is 1.93. The maximum atomic E-state index is 13.2. The summed E-state index contributed by atoms with van der Waals surface area (Å²) in [5.41, 5.74) is 0.127. The Balaban J connectivity index is 2.88. The second kappa shape index (κ2) is 3.10. The number of aromatic carboxylic acids is 1. The summed E-state index contributed by atoms with van der Waals surface area (Å²) in [4.78, 5) is 10.8. The van der Waals surface area contributed by atoms with Crippen molar-refractivity contribution in [1.82, 2.24) is 0 Å². The van der Waals surface area contributed by atoms with E-state index < -0.39 is 11.8 Å². The molecule has 0 aliphatic carbocycles. The highest BCUT2D eigenvalue weighted by Gasteiger charge is 2.09. The van der Waals surface area contributed by atoms with Crippen LogP contribution in [-0.2, 0) is 0 Å². The molecule has 14 heavy (non-hydrogen) atoms. The van der Waals surface area contributed by atoms with Gasteiger partial charge in [-0.15, -0.1) is 0 Å². The molecule has 0 heterocycles. The molecule has 0 bridgehead atoms. The summed E-state index contributed by atoms with van der Waals surface area (Å²) in [6.45, 7) is 0. The molecular formula is C11H7FO2. The first-order valence-electron chi connectivity index (χ1n) is 4.10. The number of carbonyl (C=O) groups is 1. The molecule has 2 aromatic rings. The molecule has 2 nitrogen and oxygen atoms in total. The molecule has 1 N–H and O–H groups in total. The van der Waals surface area contributed by atoms with Gasteiger partial charge in [0.25, 0.3) is 0 Å². The number of rotatable bonds is 1. The van der Waals surface area contributed by atoms with E-state index in [1.807, 2.05) is 0 Å². The summed E-state index contributed by atoms with van der Waals surface area (Å²) < 4.78 is 13.2. The van der Waals surface area contributed by atoms with E-state index in [9.17, 15) is 9.18 Å². The molecule has 0 saturated heterocycles. The molecule has 0 aliphatic heterocycles. The van der Waals surface area contributed by atoms with Crippen LogP contribution in [0.4, 0.5) is 4.39 Å². The lowest BCUT2D eigenvalue weighted by atomic mass is 10.0. The molecule has 0 fully saturated rings. The molecular weight excluding hydrogens is 183 g/mol. The van der Waals surface area contributed by atoms with E-state index >= 15 is 0 Å². The van der Waals surface area contributed by atoms with Crippen molar-refractivity contribution in [3.8, 4) is 0 Å². The van der Waals surface area contributed by atoms with Crippen LogP contribution in [-0.4, -0.2) is 11.1 Å². The number of benzene rings is 2. The molecule has 2 aromatic carbocycles. The van der Waals surface area contributed by atoms with Gasteiger partial charge < -0.3 is 5.11 Å². The van der Waals surface area contributed by atoms with Crippen LogP contribution in [0.1, 0.15) is 10.4 Å². The lowest BCUT2D eigenvalue weighted by Crippen LogP contribution is -1.97. The van der Waals surface area contributed by atoms with E-state index in [2.05, 4.69) is 0 Å². The second-order valence-electron chi connectivity index (χ2n) is 2.95. The van der Waals surface area contributed by atoms with Crippen LogP contribution in [0.2, 0.25) is 0 Å². The van der Waals surface area contributed by atoms with Crippen molar-refractivity contribution >= 4 is 16.7 Å². The summed E-state index contributed by atoms with van der Waals surface area (Å²) in [7, 11) is 0. The van der Waals surface area contributed by atoms with Gasteiger partial charge >= 0.3 is 5.97 Å². The monoisotopic (exact) mass is 190 g/mol. The Morgan fingerprint density at radius 2 is 1.71 bits per heavy atom. The first-order valence-corrected chi connectivity index (χ1v) is 4.10. The summed E-state index contributed by atoms with van der Waals surface area (Å²) in [5.74, 6) is -1.44. The van der Waals surface area contributed by atoms with Gasteiger partial charge in [-0.1, -0.05) is 24.3 Å². The summed E-state index contributed by atoms with van der Waals surface area (Å²) in [6, 6.07) is 8.98. The van der Waals surface area contributed by atoms with Crippen molar-refractivity contribution in [3.63, 3.8) is 0 Å². The molecule has 70 valence electrons. The largest absolute Gasteiger partial charge is 0.478 e. The molecule has 0 atom stereocenters. The van der Waals surface area contributed by atoms with Crippen molar-refractivity contribution < 1.29 is 14.3 Å². The number of fused-ring (bicyclic) bond motifs is 1. The van der Waals surface area contributed by atoms with Crippen LogP contribution in [0.3, 0.4) is 0 Å². The zero-order chi connectivity index (χ0) is 10.1. The SMILES string of the molecule is O=C(O)c1cccc2c(F)cccc12. The number of carboxylic acids is 1. The van der Waals surface area contributed by atoms with Crippen molar-refractivity contribution in [3.05, 3.63) is 47.8 Å². The first kappa shape index (κ1) is 8.69. The summed E-state index contributed by atoms with van der Waals surface area (Å²) in [5, 5.41) is 9.62. The fraction of sp³-hybridized carbons (Fsp3) is 0.